The molecule has 0 N–H and O–H groups in total. The van der Waals surface area contributed by atoms with Crippen molar-refractivity contribution in [2.75, 3.05) is 0 Å². The maximum atomic E-state index is 6.21. The van der Waals surface area contributed by atoms with Crippen LogP contribution in [0.25, 0.3) is 5.57 Å². The van der Waals surface area contributed by atoms with E-state index in [-0.39, 0.29) is 5.38 Å². The molecule has 0 aliphatic heterocycles. The molecule has 0 fully saturated rings. The lowest BCUT2D eigenvalue weighted by Crippen LogP contribution is -2.11. The number of nitrogens with zero attached hydrogens (tertiary/aromatic N) is 2. The van der Waals surface area contributed by atoms with E-state index in [1.54, 1.807) is 0 Å². The SMILES string of the molecule is Cc1nn(C)cc1C1=CC(Cl)CC(C)C1. The first kappa shape index (κ1) is 10.7. The molecule has 2 atom stereocenters. The van der Waals surface area contributed by atoms with Crippen LogP contribution in [0.4, 0.5) is 0 Å². The summed E-state index contributed by atoms with van der Waals surface area (Å²) >= 11 is 6.21. The molecule has 2 rings (SSSR count). The standard InChI is InChI=1S/C12H17ClN2/c1-8-4-10(6-11(13)5-8)12-7-15(3)14-9(12)2/h6-8,11H,4-5H2,1-3H3. The van der Waals surface area contributed by atoms with Crippen LogP contribution in [-0.2, 0) is 7.05 Å². The topological polar surface area (TPSA) is 17.8 Å². The van der Waals surface area contributed by atoms with Gasteiger partial charge >= 0.3 is 0 Å². The van der Waals surface area contributed by atoms with Gasteiger partial charge in [0.15, 0.2) is 0 Å². The first-order valence-corrected chi connectivity index (χ1v) is 5.85. The first-order chi connectivity index (χ1) is 7.06. The third kappa shape index (κ3) is 2.25. The molecule has 0 aromatic carbocycles. The van der Waals surface area contributed by atoms with E-state index in [0.717, 1.165) is 18.5 Å². The Morgan fingerprint density at radius 2 is 2.27 bits per heavy atom. The van der Waals surface area contributed by atoms with Crippen molar-refractivity contribution in [2.45, 2.75) is 32.1 Å². The van der Waals surface area contributed by atoms with Gasteiger partial charge in [0.1, 0.15) is 0 Å². The molecule has 0 amide bonds. The predicted octanol–water partition coefficient (Wildman–Crippen LogP) is 3.15. The van der Waals surface area contributed by atoms with Crippen molar-refractivity contribution >= 4 is 17.2 Å². The number of allylic oxidation sites excluding steroid dienone is 2. The normalized spacial score (nSPS) is 26.5. The lowest BCUT2D eigenvalue weighted by atomic mass is 9.87. The zero-order chi connectivity index (χ0) is 11.0. The van der Waals surface area contributed by atoms with Crippen LogP contribution in [-0.4, -0.2) is 15.2 Å². The molecule has 1 aromatic heterocycles. The van der Waals surface area contributed by atoms with Gasteiger partial charge in [-0.05, 0) is 31.3 Å². The highest BCUT2D eigenvalue weighted by Gasteiger charge is 2.20. The predicted molar refractivity (Wildman–Crippen MR) is 64.0 cm³/mol. The molecule has 2 nitrogen and oxygen atoms in total. The van der Waals surface area contributed by atoms with Crippen molar-refractivity contribution in [1.82, 2.24) is 9.78 Å². The molecule has 0 saturated carbocycles. The summed E-state index contributed by atoms with van der Waals surface area (Å²) in [6.07, 6.45) is 6.48. The van der Waals surface area contributed by atoms with Crippen LogP contribution < -0.4 is 0 Å². The van der Waals surface area contributed by atoms with Crippen molar-refractivity contribution in [3.05, 3.63) is 23.5 Å². The largest absolute Gasteiger partial charge is 0.275 e. The summed E-state index contributed by atoms with van der Waals surface area (Å²) in [5.74, 6) is 0.673. The van der Waals surface area contributed by atoms with Gasteiger partial charge in [-0.2, -0.15) is 5.10 Å². The van der Waals surface area contributed by atoms with Crippen molar-refractivity contribution in [1.29, 1.82) is 0 Å². The maximum absolute atomic E-state index is 6.21. The second kappa shape index (κ2) is 4.01. The second-order valence-corrected chi connectivity index (χ2v) is 5.12. The quantitative estimate of drug-likeness (QED) is 0.671. The Hall–Kier alpha value is -0.760. The Labute approximate surface area is 95.9 Å². The zero-order valence-electron chi connectivity index (χ0n) is 9.50. The van der Waals surface area contributed by atoms with Crippen molar-refractivity contribution in [2.24, 2.45) is 13.0 Å². The lowest BCUT2D eigenvalue weighted by Gasteiger charge is -2.22. The van der Waals surface area contributed by atoms with Crippen LogP contribution in [0.3, 0.4) is 0 Å². The van der Waals surface area contributed by atoms with E-state index in [9.17, 15) is 0 Å². The van der Waals surface area contributed by atoms with Crippen LogP contribution in [0.15, 0.2) is 12.3 Å². The number of rotatable bonds is 1. The van der Waals surface area contributed by atoms with Gasteiger partial charge in [0.2, 0.25) is 0 Å². The van der Waals surface area contributed by atoms with Gasteiger partial charge < -0.3 is 0 Å². The van der Waals surface area contributed by atoms with Crippen LogP contribution in [0.1, 0.15) is 31.0 Å². The first-order valence-electron chi connectivity index (χ1n) is 5.41. The van der Waals surface area contributed by atoms with Crippen LogP contribution in [0.2, 0.25) is 0 Å². The number of aromatic nitrogens is 2. The molecule has 0 bridgehead atoms. The number of halogens is 1. The van der Waals surface area contributed by atoms with E-state index in [1.165, 1.54) is 11.1 Å². The molecule has 15 heavy (non-hydrogen) atoms. The minimum atomic E-state index is 0.184. The molecular weight excluding hydrogens is 208 g/mol. The lowest BCUT2D eigenvalue weighted by molar-refractivity contribution is 0.540. The molecular formula is C12H17ClN2. The van der Waals surface area contributed by atoms with Gasteiger partial charge in [-0.25, -0.2) is 0 Å². The molecule has 3 heteroatoms. The van der Waals surface area contributed by atoms with E-state index in [2.05, 4.69) is 31.2 Å². The number of aryl methyl sites for hydroxylation is 2. The Balaban J connectivity index is 2.34. The molecule has 1 heterocycles. The fourth-order valence-corrected chi connectivity index (χ4v) is 2.77. The average Bonchev–Trinajstić information content (AvgIpc) is 2.43. The summed E-state index contributed by atoms with van der Waals surface area (Å²) in [7, 11) is 1.96. The molecule has 0 saturated heterocycles. The minimum absolute atomic E-state index is 0.184. The Morgan fingerprint density at radius 1 is 1.53 bits per heavy atom. The fourth-order valence-electron chi connectivity index (χ4n) is 2.31. The van der Waals surface area contributed by atoms with E-state index < -0.39 is 0 Å². The minimum Gasteiger partial charge on any atom is -0.275 e. The van der Waals surface area contributed by atoms with E-state index in [1.807, 2.05) is 11.7 Å². The maximum Gasteiger partial charge on any atom is 0.0668 e. The molecule has 1 aliphatic rings. The van der Waals surface area contributed by atoms with Crippen molar-refractivity contribution < 1.29 is 0 Å². The van der Waals surface area contributed by atoms with Crippen LogP contribution >= 0.6 is 11.6 Å². The third-order valence-electron chi connectivity index (χ3n) is 2.94. The van der Waals surface area contributed by atoms with Crippen LogP contribution in [0.5, 0.6) is 0 Å². The van der Waals surface area contributed by atoms with Crippen molar-refractivity contribution in [3.8, 4) is 0 Å². The smallest absolute Gasteiger partial charge is 0.0668 e. The molecule has 2 unspecified atom stereocenters. The van der Waals surface area contributed by atoms with Gasteiger partial charge in [0.25, 0.3) is 0 Å². The third-order valence-corrected chi connectivity index (χ3v) is 3.24. The van der Waals surface area contributed by atoms with Crippen LogP contribution in [0, 0.1) is 12.8 Å². The molecule has 82 valence electrons. The van der Waals surface area contributed by atoms with Gasteiger partial charge in [-0.3, -0.25) is 4.68 Å². The highest BCUT2D eigenvalue weighted by molar-refractivity contribution is 6.22. The number of hydrogen-bond donors (Lipinski definition) is 0. The summed E-state index contributed by atoms with van der Waals surface area (Å²) in [6, 6.07) is 0. The summed E-state index contributed by atoms with van der Waals surface area (Å²) < 4.78 is 1.87. The van der Waals surface area contributed by atoms with E-state index >= 15 is 0 Å². The number of hydrogen-bond acceptors (Lipinski definition) is 1. The zero-order valence-corrected chi connectivity index (χ0v) is 10.3. The van der Waals surface area contributed by atoms with Crippen molar-refractivity contribution in [3.63, 3.8) is 0 Å². The van der Waals surface area contributed by atoms with Gasteiger partial charge in [-0.1, -0.05) is 13.0 Å². The Kier molecular flexibility index (Phi) is 2.87. The van der Waals surface area contributed by atoms with E-state index in [4.69, 9.17) is 11.6 Å². The Bertz CT molecular complexity index is 392. The molecule has 1 aromatic rings. The highest BCUT2D eigenvalue weighted by atomic mass is 35.5. The molecule has 0 radical (unpaired) electrons. The summed E-state index contributed by atoms with van der Waals surface area (Å²) in [5.41, 5.74) is 3.72. The highest BCUT2D eigenvalue weighted by Crippen LogP contribution is 2.33. The van der Waals surface area contributed by atoms with Gasteiger partial charge in [-0.15, -0.1) is 11.6 Å². The average molecular weight is 225 g/mol. The fraction of sp³-hybridized carbons (Fsp3) is 0.583. The Morgan fingerprint density at radius 3 is 2.80 bits per heavy atom. The molecule has 0 spiro atoms. The molecule has 1 aliphatic carbocycles. The second-order valence-electron chi connectivity index (χ2n) is 4.55. The summed E-state index contributed by atoms with van der Waals surface area (Å²) in [4.78, 5) is 0. The summed E-state index contributed by atoms with van der Waals surface area (Å²) in [6.45, 7) is 4.31. The monoisotopic (exact) mass is 224 g/mol. The van der Waals surface area contributed by atoms with E-state index in [0.29, 0.717) is 5.92 Å². The summed E-state index contributed by atoms with van der Waals surface area (Å²) in [5, 5.41) is 4.55. The van der Waals surface area contributed by atoms with Gasteiger partial charge in [0.05, 0.1) is 11.1 Å². The number of alkyl halides is 1. The van der Waals surface area contributed by atoms with Gasteiger partial charge in [0, 0.05) is 18.8 Å².